The fourth-order valence-corrected chi connectivity index (χ4v) is 2.80. The quantitative estimate of drug-likeness (QED) is 0.753. The molecule has 0 aliphatic rings. The van der Waals surface area contributed by atoms with Crippen molar-refractivity contribution in [3.63, 3.8) is 0 Å². The van der Waals surface area contributed by atoms with Gasteiger partial charge in [-0.25, -0.2) is 9.97 Å². The summed E-state index contributed by atoms with van der Waals surface area (Å²) in [6.45, 7) is 0. The fourth-order valence-electron chi connectivity index (χ4n) is 1.66. The minimum atomic E-state index is 0.0725. The first-order chi connectivity index (χ1) is 9.08. The second-order valence-corrected chi connectivity index (χ2v) is 5.90. The Hall–Kier alpha value is -0.840. The van der Waals surface area contributed by atoms with Gasteiger partial charge in [-0.3, -0.25) is 0 Å². The van der Waals surface area contributed by atoms with Crippen molar-refractivity contribution < 1.29 is 4.74 Å². The molecule has 1 heterocycles. The van der Waals surface area contributed by atoms with Crippen LogP contribution in [0.3, 0.4) is 0 Å². The maximum atomic E-state index is 5.99. The van der Waals surface area contributed by atoms with Crippen molar-refractivity contribution in [2.75, 3.05) is 7.11 Å². The number of ether oxygens (including phenoxy) is 1. The monoisotopic (exact) mass is 360 g/mol. The van der Waals surface area contributed by atoms with Crippen molar-refractivity contribution in [2.24, 2.45) is 0 Å². The molecule has 1 aromatic carbocycles. The SMILES string of the molecule is COc1cc(CC(Br)c2cc(Cl)cc(Cl)c2)ncn1. The van der Waals surface area contributed by atoms with Crippen molar-refractivity contribution in [3.05, 3.63) is 51.9 Å². The standard InChI is InChI=1S/C13H11BrCl2N2O/c1-19-13-6-11(17-7-18-13)5-12(14)8-2-9(15)4-10(16)3-8/h2-4,6-7,12H,5H2,1H3. The van der Waals surface area contributed by atoms with Gasteiger partial charge in [-0.1, -0.05) is 39.1 Å². The number of methoxy groups -OCH3 is 1. The van der Waals surface area contributed by atoms with Crippen molar-refractivity contribution in [1.82, 2.24) is 9.97 Å². The molecule has 0 radical (unpaired) electrons. The zero-order chi connectivity index (χ0) is 13.8. The molecule has 19 heavy (non-hydrogen) atoms. The summed E-state index contributed by atoms with van der Waals surface area (Å²) < 4.78 is 5.07. The number of halogens is 3. The van der Waals surface area contributed by atoms with Gasteiger partial charge < -0.3 is 4.74 Å². The van der Waals surface area contributed by atoms with Gasteiger partial charge in [-0.05, 0) is 23.8 Å². The number of hydrogen-bond acceptors (Lipinski definition) is 3. The molecule has 0 saturated carbocycles. The van der Waals surface area contributed by atoms with Gasteiger partial charge in [0.15, 0.2) is 0 Å². The molecule has 0 N–H and O–H groups in total. The summed E-state index contributed by atoms with van der Waals surface area (Å²) in [5.74, 6) is 0.550. The number of aromatic nitrogens is 2. The minimum absolute atomic E-state index is 0.0725. The minimum Gasteiger partial charge on any atom is -0.481 e. The van der Waals surface area contributed by atoms with E-state index in [1.54, 1.807) is 19.2 Å². The van der Waals surface area contributed by atoms with Gasteiger partial charge in [-0.2, -0.15) is 0 Å². The lowest BCUT2D eigenvalue weighted by Gasteiger charge is -2.11. The highest BCUT2D eigenvalue weighted by Crippen LogP contribution is 2.31. The van der Waals surface area contributed by atoms with Crippen LogP contribution in [0, 0.1) is 0 Å². The summed E-state index contributed by atoms with van der Waals surface area (Å²) in [5.41, 5.74) is 1.89. The molecule has 0 spiro atoms. The van der Waals surface area contributed by atoms with Gasteiger partial charge in [0.25, 0.3) is 0 Å². The predicted octanol–water partition coefficient (Wildman–Crippen LogP) is 4.47. The van der Waals surface area contributed by atoms with E-state index < -0.39 is 0 Å². The molecule has 0 amide bonds. The van der Waals surface area contributed by atoms with E-state index in [1.165, 1.54) is 6.33 Å². The molecule has 1 aromatic heterocycles. The normalized spacial score (nSPS) is 12.2. The maximum Gasteiger partial charge on any atom is 0.216 e. The average molecular weight is 362 g/mol. The third-order valence-electron chi connectivity index (χ3n) is 2.54. The highest BCUT2D eigenvalue weighted by atomic mass is 79.9. The summed E-state index contributed by atoms with van der Waals surface area (Å²) in [4.78, 5) is 8.26. The zero-order valence-electron chi connectivity index (χ0n) is 10.1. The van der Waals surface area contributed by atoms with Crippen LogP contribution in [0.1, 0.15) is 16.1 Å². The predicted molar refractivity (Wildman–Crippen MR) is 80.4 cm³/mol. The van der Waals surface area contributed by atoms with Crippen LogP contribution in [0.2, 0.25) is 10.0 Å². The van der Waals surface area contributed by atoms with E-state index in [0.717, 1.165) is 11.3 Å². The molecule has 0 fully saturated rings. The van der Waals surface area contributed by atoms with Crippen LogP contribution in [0.15, 0.2) is 30.6 Å². The third kappa shape index (κ3) is 4.06. The Kier molecular flexibility index (Phi) is 5.02. The van der Waals surface area contributed by atoms with Gasteiger partial charge in [0.2, 0.25) is 5.88 Å². The van der Waals surface area contributed by atoms with Gasteiger partial charge >= 0.3 is 0 Å². The van der Waals surface area contributed by atoms with Gasteiger partial charge in [0, 0.05) is 33.1 Å². The first-order valence-electron chi connectivity index (χ1n) is 5.53. The van der Waals surface area contributed by atoms with E-state index in [2.05, 4.69) is 25.9 Å². The molecule has 3 nitrogen and oxygen atoms in total. The van der Waals surface area contributed by atoms with E-state index in [9.17, 15) is 0 Å². The van der Waals surface area contributed by atoms with E-state index in [0.29, 0.717) is 22.3 Å². The lowest BCUT2D eigenvalue weighted by molar-refractivity contribution is 0.396. The fraction of sp³-hybridized carbons (Fsp3) is 0.231. The summed E-state index contributed by atoms with van der Waals surface area (Å²) in [5, 5.41) is 1.24. The van der Waals surface area contributed by atoms with Crippen LogP contribution in [-0.4, -0.2) is 17.1 Å². The zero-order valence-corrected chi connectivity index (χ0v) is 13.2. The van der Waals surface area contributed by atoms with Gasteiger partial charge in [0.1, 0.15) is 6.33 Å². The van der Waals surface area contributed by atoms with Crippen LogP contribution in [0.4, 0.5) is 0 Å². The lowest BCUT2D eigenvalue weighted by atomic mass is 10.1. The number of benzene rings is 1. The Morgan fingerprint density at radius 3 is 2.47 bits per heavy atom. The first kappa shape index (κ1) is 14.6. The average Bonchev–Trinajstić information content (AvgIpc) is 2.37. The first-order valence-corrected chi connectivity index (χ1v) is 7.20. The highest BCUT2D eigenvalue weighted by molar-refractivity contribution is 9.09. The van der Waals surface area contributed by atoms with Crippen molar-refractivity contribution in [1.29, 1.82) is 0 Å². The molecule has 0 aliphatic heterocycles. The molecule has 1 atom stereocenters. The molecular weight excluding hydrogens is 351 g/mol. The molecule has 0 bridgehead atoms. The van der Waals surface area contributed by atoms with Crippen LogP contribution < -0.4 is 4.74 Å². The maximum absolute atomic E-state index is 5.99. The van der Waals surface area contributed by atoms with Crippen LogP contribution in [0.5, 0.6) is 5.88 Å². The van der Waals surface area contributed by atoms with Crippen molar-refractivity contribution in [3.8, 4) is 5.88 Å². The van der Waals surface area contributed by atoms with Crippen LogP contribution >= 0.6 is 39.1 Å². The Morgan fingerprint density at radius 1 is 1.16 bits per heavy atom. The lowest BCUT2D eigenvalue weighted by Crippen LogP contribution is -1.99. The van der Waals surface area contributed by atoms with Crippen LogP contribution in [0.25, 0.3) is 0 Å². The Morgan fingerprint density at radius 2 is 1.84 bits per heavy atom. The second-order valence-electron chi connectivity index (χ2n) is 3.93. The number of rotatable bonds is 4. The number of alkyl halides is 1. The van der Waals surface area contributed by atoms with E-state index in [1.807, 2.05) is 12.1 Å². The van der Waals surface area contributed by atoms with Gasteiger partial charge in [0.05, 0.1) is 7.11 Å². The second kappa shape index (κ2) is 6.55. The summed E-state index contributed by atoms with van der Waals surface area (Å²) >= 11 is 15.6. The van der Waals surface area contributed by atoms with Crippen molar-refractivity contribution in [2.45, 2.75) is 11.2 Å². The molecule has 6 heteroatoms. The van der Waals surface area contributed by atoms with Gasteiger partial charge in [-0.15, -0.1) is 0 Å². The smallest absolute Gasteiger partial charge is 0.216 e. The number of nitrogens with zero attached hydrogens (tertiary/aromatic N) is 2. The largest absolute Gasteiger partial charge is 0.481 e. The third-order valence-corrected chi connectivity index (χ3v) is 3.83. The Balaban J connectivity index is 2.17. The Labute approximate surface area is 130 Å². The molecule has 0 saturated heterocycles. The molecule has 1 unspecified atom stereocenters. The molecule has 0 aliphatic carbocycles. The molecule has 100 valence electrons. The van der Waals surface area contributed by atoms with E-state index >= 15 is 0 Å². The number of hydrogen-bond donors (Lipinski definition) is 0. The molecular formula is C13H11BrCl2N2O. The Bertz CT molecular complexity index is 560. The summed E-state index contributed by atoms with van der Waals surface area (Å²) in [6.07, 6.45) is 2.17. The topological polar surface area (TPSA) is 35.0 Å². The summed E-state index contributed by atoms with van der Waals surface area (Å²) in [6, 6.07) is 7.27. The van der Waals surface area contributed by atoms with Crippen LogP contribution in [-0.2, 0) is 6.42 Å². The molecule has 2 aromatic rings. The molecule has 2 rings (SSSR count). The highest BCUT2D eigenvalue weighted by Gasteiger charge is 2.12. The van der Waals surface area contributed by atoms with Crippen molar-refractivity contribution >= 4 is 39.1 Å². The van der Waals surface area contributed by atoms with E-state index in [-0.39, 0.29) is 4.83 Å². The summed E-state index contributed by atoms with van der Waals surface area (Å²) in [7, 11) is 1.58. The van der Waals surface area contributed by atoms with E-state index in [4.69, 9.17) is 27.9 Å².